The first-order valence-corrected chi connectivity index (χ1v) is 11.1. The van der Waals surface area contributed by atoms with Gasteiger partial charge >= 0.3 is 0 Å². The van der Waals surface area contributed by atoms with Crippen molar-refractivity contribution in [3.8, 4) is 40.0 Å². The average Bonchev–Trinajstić information content (AvgIpc) is 3.24. The molecule has 31 heavy (non-hydrogen) atoms. The highest BCUT2D eigenvalue weighted by Crippen LogP contribution is 2.31. The number of aromatic nitrogens is 4. The summed E-state index contributed by atoms with van der Waals surface area (Å²) in [5.74, 6) is 0.373. The SMILES string of the molecule is Cc1ncc(-c2ccc(S(=O)(=O)C(C)C)cc2)nc1-c1nnc(-c2ccccc2O)o1.[HH].[HH]. The number of benzene rings is 2. The summed E-state index contributed by atoms with van der Waals surface area (Å²) in [5.41, 5.74) is 2.67. The molecule has 2 aromatic heterocycles. The molecule has 0 saturated carbocycles. The lowest BCUT2D eigenvalue weighted by Crippen LogP contribution is -2.13. The van der Waals surface area contributed by atoms with Gasteiger partial charge in [0.25, 0.3) is 11.8 Å². The lowest BCUT2D eigenvalue weighted by molar-refractivity contribution is 0.473. The molecule has 8 nitrogen and oxygen atoms in total. The fraction of sp³-hybridized carbons (Fsp3) is 0.182. The summed E-state index contributed by atoms with van der Waals surface area (Å²) in [5, 5.41) is 17.6. The van der Waals surface area contributed by atoms with Crippen molar-refractivity contribution in [3.05, 3.63) is 60.4 Å². The maximum absolute atomic E-state index is 12.3. The minimum atomic E-state index is -3.35. The van der Waals surface area contributed by atoms with Crippen molar-refractivity contribution < 1.29 is 20.8 Å². The van der Waals surface area contributed by atoms with Crippen LogP contribution >= 0.6 is 0 Å². The number of hydrogen-bond donors (Lipinski definition) is 1. The molecule has 0 aliphatic carbocycles. The second-order valence-corrected chi connectivity index (χ2v) is 9.74. The molecule has 0 amide bonds. The van der Waals surface area contributed by atoms with E-state index in [-0.39, 0.29) is 25.3 Å². The molecule has 0 fully saturated rings. The predicted octanol–water partition coefficient (Wildman–Crippen LogP) is 4.55. The Morgan fingerprint density at radius 2 is 1.68 bits per heavy atom. The molecule has 4 aromatic rings. The molecule has 0 radical (unpaired) electrons. The third-order valence-electron chi connectivity index (χ3n) is 4.82. The fourth-order valence-corrected chi connectivity index (χ4v) is 4.02. The van der Waals surface area contributed by atoms with E-state index in [1.165, 1.54) is 6.07 Å². The molecule has 1 N–H and O–H groups in total. The van der Waals surface area contributed by atoms with Crippen LogP contribution in [0.15, 0.2) is 64.0 Å². The number of nitrogens with zero attached hydrogens (tertiary/aromatic N) is 4. The topological polar surface area (TPSA) is 119 Å². The van der Waals surface area contributed by atoms with Crippen LogP contribution in [0.4, 0.5) is 0 Å². The van der Waals surface area contributed by atoms with Gasteiger partial charge in [-0.25, -0.2) is 13.4 Å². The molecule has 2 aromatic carbocycles. The van der Waals surface area contributed by atoms with E-state index in [1.807, 2.05) is 0 Å². The van der Waals surface area contributed by atoms with E-state index in [0.717, 1.165) is 0 Å². The first-order valence-electron chi connectivity index (χ1n) is 9.57. The van der Waals surface area contributed by atoms with Crippen LogP contribution in [0.2, 0.25) is 0 Å². The normalized spacial score (nSPS) is 11.7. The van der Waals surface area contributed by atoms with Gasteiger partial charge in [-0.2, -0.15) is 0 Å². The number of rotatable bonds is 5. The number of hydrogen-bond acceptors (Lipinski definition) is 8. The molecule has 4 rings (SSSR count). The minimum absolute atomic E-state index is 0. The van der Waals surface area contributed by atoms with Gasteiger partial charge in [-0.15, -0.1) is 10.2 Å². The zero-order valence-corrected chi connectivity index (χ0v) is 18.0. The molecule has 0 saturated heterocycles. The Labute approximate surface area is 182 Å². The Kier molecular flexibility index (Phi) is 5.28. The largest absolute Gasteiger partial charge is 0.507 e. The number of phenols is 1. The smallest absolute Gasteiger partial charge is 0.268 e. The molecule has 2 heterocycles. The van der Waals surface area contributed by atoms with E-state index in [9.17, 15) is 13.5 Å². The van der Waals surface area contributed by atoms with Gasteiger partial charge in [-0.05, 0) is 45.0 Å². The van der Waals surface area contributed by atoms with E-state index < -0.39 is 15.1 Å². The maximum Gasteiger partial charge on any atom is 0.268 e. The van der Waals surface area contributed by atoms with Gasteiger partial charge in [0.1, 0.15) is 11.4 Å². The Hall–Kier alpha value is -3.59. The van der Waals surface area contributed by atoms with E-state index >= 15 is 0 Å². The number of sulfone groups is 1. The summed E-state index contributed by atoms with van der Waals surface area (Å²) in [6.45, 7) is 5.07. The lowest BCUT2D eigenvalue weighted by atomic mass is 10.1. The molecule has 0 unspecified atom stereocenters. The molecule has 0 bridgehead atoms. The van der Waals surface area contributed by atoms with Crippen LogP contribution in [0.3, 0.4) is 0 Å². The quantitative estimate of drug-likeness (QED) is 0.480. The summed E-state index contributed by atoms with van der Waals surface area (Å²) < 4.78 is 30.4. The second-order valence-electron chi connectivity index (χ2n) is 7.24. The number of aromatic hydroxyl groups is 1. The maximum atomic E-state index is 12.3. The number of phenolic OH excluding ortho intramolecular Hbond substituents is 1. The molecular weight excluding hydrogens is 416 g/mol. The van der Waals surface area contributed by atoms with E-state index in [0.29, 0.717) is 28.2 Å². The Balaban J connectivity index is 0.00000193. The molecule has 9 heteroatoms. The molecule has 0 aliphatic heterocycles. The predicted molar refractivity (Wildman–Crippen MR) is 119 cm³/mol. The van der Waals surface area contributed by atoms with Gasteiger partial charge in [0.05, 0.1) is 33.3 Å². The van der Waals surface area contributed by atoms with E-state index in [4.69, 9.17) is 4.42 Å². The average molecular weight is 441 g/mol. The van der Waals surface area contributed by atoms with Crippen LogP contribution in [0.1, 0.15) is 22.4 Å². The van der Waals surface area contributed by atoms with Gasteiger partial charge in [-0.1, -0.05) is 24.3 Å². The Bertz CT molecular complexity index is 1360. The van der Waals surface area contributed by atoms with E-state index in [1.54, 1.807) is 69.4 Å². The summed E-state index contributed by atoms with van der Waals surface area (Å²) >= 11 is 0. The van der Waals surface area contributed by atoms with Crippen LogP contribution in [-0.4, -0.2) is 38.9 Å². The minimum Gasteiger partial charge on any atom is -0.507 e. The van der Waals surface area contributed by atoms with Gasteiger partial charge in [0, 0.05) is 8.42 Å². The molecule has 0 aliphatic rings. The van der Waals surface area contributed by atoms with Crippen LogP contribution < -0.4 is 0 Å². The van der Waals surface area contributed by atoms with Gasteiger partial charge < -0.3 is 9.52 Å². The van der Waals surface area contributed by atoms with Gasteiger partial charge in [-0.3, -0.25) is 4.98 Å². The van der Waals surface area contributed by atoms with Crippen molar-refractivity contribution in [2.45, 2.75) is 30.9 Å². The van der Waals surface area contributed by atoms with Crippen LogP contribution in [0.5, 0.6) is 5.75 Å². The first-order chi connectivity index (χ1) is 14.8. The summed E-state index contributed by atoms with van der Waals surface area (Å²) in [6.07, 6.45) is 1.60. The van der Waals surface area contributed by atoms with Gasteiger partial charge in [0.2, 0.25) is 0 Å². The van der Waals surface area contributed by atoms with Crippen molar-refractivity contribution in [2.75, 3.05) is 0 Å². The third-order valence-corrected chi connectivity index (χ3v) is 6.99. The summed E-state index contributed by atoms with van der Waals surface area (Å²) in [6, 6.07) is 13.2. The van der Waals surface area contributed by atoms with Crippen molar-refractivity contribution in [1.82, 2.24) is 20.2 Å². The van der Waals surface area contributed by atoms with Crippen LogP contribution in [-0.2, 0) is 9.84 Å². The van der Waals surface area contributed by atoms with E-state index in [2.05, 4.69) is 20.2 Å². The Morgan fingerprint density at radius 3 is 2.35 bits per heavy atom. The highest BCUT2D eigenvalue weighted by molar-refractivity contribution is 7.92. The van der Waals surface area contributed by atoms with Crippen molar-refractivity contribution in [1.29, 1.82) is 0 Å². The van der Waals surface area contributed by atoms with Gasteiger partial charge in [0.15, 0.2) is 9.84 Å². The number of aryl methyl sites for hydroxylation is 1. The summed E-state index contributed by atoms with van der Waals surface area (Å²) in [7, 11) is -3.35. The fourth-order valence-electron chi connectivity index (χ4n) is 2.96. The summed E-state index contributed by atoms with van der Waals surface area (Å²) in [4.78, 5) is 9.23. The molecular formula is C22H24N4O4S. The second kappa shape index (κ2) is 7.92. The zero-order valence-electron chi connectivity index (χ0n) is 17.1. The monoisotopic (exact) mass is 440 g/mol. The van der Waals surface area contributed by atoms with Crippen LogP contribution in [0, 0.1) is 6.92 Å². The lowest BCUT2D eigenvalue weighted by Gasteiger charge is -2.09. The number of para-hydroxylation sites is 1. The highest BCUT2D eigenvalue weighted by atomic mass is 32.2. The molecule has 162 valence electrons. The first kappa shape index (κ1) is 20.7. The molecule has 0 spiro atoms. The van der Waals surface area contributed by atoms with Crippen LogP contribution in [0.25, 0.3) is 34.3 Å². The standard InChI is InChI=1S/C22H20N4O4S.2H2/c1-13(2)31(28,29)16-10-8-15(9-11-16)18-12-23-14(3)20(24-18)22-26-25-21(30-22)17-6-4-5-7-19(17)27;;/h4-13,27H,1-3H3;2*1H. The zero-order chi connectivity index (χ0) is 22.2. The highest BCUT2D eigenvalue weighted by Gasteiger charge is 2.20. The molecule has 0 atom stereocenters. The van der Waals surface area contributed by atoms with Crippen molar-refractivity contribution in [3.63, 3.8) is 0 Å². The Morgan fingerprint density at radius 1 is 1.00 bits per heavy atom. The van der Waals surface area contributed by atoms with Crippen molar-refractivity contribution in [2.24, 2.45) is 0 Å². The third kappa shape index (κ3) is 3.91. The van der Waals surface area contributed by atoms with Crippen molar-refractivity contribution >= 4 is 9.84 Å².